The summed E-state index contributed by atoms with van der Waals surface area (Å²) in [5.41, 5.74) is 0.729. The number of H-pyrrole nitrogens is 1. The van der Waals surface area contributed by atoms with Crippen molar-refractivity contribution in [3.8, 4) is 11.4 Å². The first-order chi connectivity index (χ1) is 6.65. The van der Waals surface area contributed by atoms with Crippen molar-refractivity contribution in [2.75, 3.05) is 0 Å². The molecule has 0 bridgehead atoms. The third-order valence-corrected chi connectivity index (χ3v) is 2.42. The summed E-state index contributed by atoms with van der Waals surface area (Å²) < 4.78 is 5.36. The highest BCUT2D eigenvalue weighted by molar-refractivity contribution is 14.1. The van der Waals surface area contributed by atoms with Crippen molar-refractivity contribution in [3.05, 3.63) is 37.3 Å². The predicted octanol–water partition coefficient (Wildman–Crippen LogP) is 2.29. The van der Waals surface area contributed by atoms with Gasteiger partial charge in [-0.15, -0.1) is 0 Å². The minimum Gasteiger partial charge on any atom is -0.296 e. The molecule has 0 atom stereocenters. The molecule has 0 spiro atoms. The fourth-order valence-corrected chi connectivity index (χ4v) is 2.14. The standard InChI is InChI=1S/C8H4ClIN2O2/c9-5-1-4(2-6(10)3-5)7-11-8(13)14-12-7/h1-3H,(H,11,12,13). The average molecular weight is 322 g/mol. The van der Waals surface area contributed by atoms with Crippen LogP contribution in [0.25, 0.3) is 11.4 Å². The van der Waals surface area contributed by atoms with Gasteiger partial charge >= 0.3 is 5.76 Å². The molecule has 1 N–H and O–H groups in total. The van der Waals surface area contributed by atoms with Gasteiger partial charge in [-0.1, -0.05) is 16.8 Å². The Kier molecular flexibility index (Phi) is 2.60. The smallest absolute Gasteiger partial charge is 0.296 e. The minimum atomic E-state index is -0.574. The third-order valence-electron chi connectivity index (χ3n) is 1.58. The Morgan fingerprint density at radius 2 is 2.21 bits per heavy atom. The van der Waals surface area contributed by atoms with Gasteiger partial charge in [-0.05, 0) is 40.8 Å². The second-order valence-electron chi connectivity index (χ2n) is 2.60. The van der Waals surface area contributed by atoms with Crippen LogP contribution in [-0.4, -0.2) is 10.1 Å². The molecule has 4 nitrogen and oxygen atoms in total. The summed E-state index contributed by atoms with van der Waals surface area (Å²) in [6.07, 6.45) is 0. The van der Waals surface area contributed by atoms with Gasteiger partial charge in [-0.3, -0.25) is 9.51 Å². The first kappa shape index (κ1) is 9.72. The molecule has 72 valence electrons. The lowest BCUT2D eigenvalue weighted by Gasteiger charge is -1.97. The summed E-state index contributed by atoms with van der Waals surface area (Å²) in [7, 11) is 0. The molecule has 1 aromatic carbocycles. The van der Waals surface area contributed by atoms with Crippen molar-refractivity contribution >= 4 is 34.2 Å². The van der Waals surface area contributed by atoms with Gasteiger partial charge in [0.05, 0.1) is 0 Å². The van der Waals surface area contributed by atoms with Gasteiger partial charge in [0.1, 0.15) is 0 Å². The van der Waals surface area contributed by atoms with E-state index < -0.39 is 5.76 Å². The molecule has 1 aromatic heterocycles. The van der Waals surface area contributed by atoms with Crippen molar-refractivity contribution < 1.29 is 4.52 Å². The molecular formula is C8H4ClIN2O2. The van der Waals surface area contributed by atoms with Crippen LogP contribution in [0.4, 0.5) is 0 Å². The average Bonchev–Trinajstić information content (AvgIpc) is 2.50. The molecule has 2 rings (SSSR count). The lowest BCUT2D eigenvalue weighted by atomic mass is 10.2. The quantitative estimate of drug-likeness (QED) is 0.820. The van der Waals surface area contributed by atoms with E-state index in [1.54, 1.807) is 6.07 Å². The molecule has 6 heteroatoms. The Morgan fingerprint density at radius 3 is 2.79 bits per heavy atom. The molecule has 0 aliphatic heterocycles. The maximum Gasteiger partial charge on any atom is 0.439 e. The Morgan fingerprint density at radius 1 is 1.43 bits per heavy atom. The Hall–Kier alpha value is -0.820. The lowest BCUT2D eigenvalue weighted by Crippen LogP contribution is -1.94. The van der Waals surface area contributed by atoms with Crippen molar-refractivity contribution in [3.63, 3.8) is 0 Å². The highest BCUT2D eigenvalue weighted by Gasteiger charge is 2.05. The van der Waals surface area contributed by atoms with Crippen LogP contribution in [0.1, 0.15) is 0 Å². The van der Waals surface area contributed by atoms with E-state index in [0.29, 0.717) is 10.8 Å². The van der Waals surface area contributed by atoms with E-state index in [1.165, 1.54) is 0 Å². The summed E-state index contributed by atoms with van der Waals surface area (Å²) >= 11 is 7.98. The first-order valence-corrected chi connectivity index (χ1v) is 5.13. The fraction of sp³-hybridized carbons (Fsp3) is 0. The molecule has 0 aliphatic rings. The molecule has 0 aliphatic carbocycles. The van der Waals surface area contributed by atoms with E-state index in [9.17, 15) is 4.79 Å². The number of benzene rings is 1. The van der Waals surface area contributed by atoms with Crippen molar-refractivity contribution in [2.24, 2.45) is 0 Å². The molecule has 0 radical (unpaired) electrons. The number of hydrogen-bond acceptors (Lipinski definition) is 3. The van der Waals surface area contributed by atoms with E-state index in [1.807, 2.05) is 12.1 Å². The highest BCUT2D eigenvalue weighted by Crippen LogP contribution is 2.22. The van der Waals surface area contributed by atoms with Crippen LogP contribution in [0.3, 0.4) is 0 Å². The second kappa shape index (κ2) is 3.74. The fourth-order valence-electron chi connectivity index (χ4n) is 1.04. The number of aromatic nitrogens is 2. The zero-order valence-electron chi connectivity index (χ0n) is 6.75. The zero-order valence-corrected chi connectivity index (χ0v) is 9.67. The first-order valence-electron chi connectivity index (χ1n) is 3.67. The molecule has 2 aromatic rings. The number of nitrogens with zero attached hydrogens (tertiary/aromatic N) is 1. The molecule has 0 saturated heterocycles. The second-order valence-corrected chi connectivity index (χ2v) is 4.28. The van der Waals surface area contributed by atoms with Crippen molar-refractivity contribution in [1.82, 2.24) is 10.1 Å². The van der Waals surface area contributed by atoms with Crippen LogP contribution in [0.15, 0.2) is 27.5 Å². The van der Waals surface area contributed by atoms with Crippen LogP contribution < -0.4 is 5.76 Å². The Labute approximate surface area is 97.4 Å². The predicted molar refractivity (Wildman–Crippen MR) is 60.3 cm³/mol. The Balaban J connectivity index is 2.56. The van der Waals surface area contributed by atoms with Gasteiger partial charge in [0.25, 0.3) is 0 Å². The highest BCUT2D eigenvalue weighted by atomic mass is 127. The minimum absolute atomic E-state index is 0.385. The van der Waals surface area contributed by atoms with Gasteiger partial charge < -0.3 is 0 Å². The molecule has 1 heterocycles. The number of nitrogens with one attached hydrogen (secondary N) is 1. The molecular weight excluding hydrogens is 318 g/mol. The molecule has 0 fully saturated rings. The van der Waals surface area contributed by atoms with Gasteiger partial charge in [0.2, 0.25) is 0 Å². The molecule has 0 saturated carbocycles. The summed E-state index contributed by atoms with van der Waals surface area (Å²) in [5, 5.41) is 4.16. The molecule has 0 unspecified atom stereocenters. The maximum atomic E-state index is 10.7. The number of halogens is 2. The normalized spacial score (nSPS) is 10.4. The van der Waals surface area contributed by atoms with E-state index in [2.05, 4.69) is 37.3 Å². The van der Waals surface area contributed by atoms with E-state index >= 15 is 0 Å². The SMILES string of the molecule is O=c1[nH]c(-c2cc(Cl)cc(I)c2)no1. The van der Waals surface area contributed by atoms with Crippen LogP contribution in [0, 0.1) is 3.57 Å². The topological polar surface area (TPSA) is 58.9 Å². The van der Waals surface area contributed by atoms with Gasteiger partial charge in [0, 0.05) is 14.2 Å². The van der Waals surface area contributed by atoms with E-state index in [4.69, 9.17) is 11.6 Å². The molecule has 0 amide bonds. The number of hydrogen-bond donors (Lipinski definition) is 1. The van der Waals surface area contributed by atoms with Crippen LogP contribution >= 0.6 is 34.2 Å². The summed E-state index contributed by atoms with van der Waals surface area (Å²) in [5.74, 6) is -0.189. The van der Waals surface area contributed by atoms with Crippen LogP contribution in [-0.2, 0) is 0 Å². The van der Waals surface area contributed by atoms with E-state index in [-0.39, 0.29) is 0 Å². The van der Waals surface area contributed by atoms with Crippen LogP contribution in [0.5, 0.6) is 0 Å². The van der Waals surface area contributed by atoms with Crippen LogP contribution in [0.2, 0.25) is 5.02 Å². The Bertz CT molecular complexity index is 500. The lowest BCUT2D eigenvalue weighted by molar-refractivity contribution is 0.388. The zero-order chi connectivity index (χ0) is 10.1. The van der Waals surface area contributed by atoms with E-state index in [0.717, 1.165) is 9.13 Å². The largest absolute Gasteiger partial charge is 0.439 e. The van der Waals surface area contributed by atoms with Gasteiger partial charge in [-0.25, -0.2) is 4.79 Å². The van der Waals surface area contributed by atoms with Gasteiger partial charge in [-0.2, -0.15) is 0 Å². The molecule has 14 heavy (non-hydrogen) atoms. The maximum absolute atomic E-state index is 10.7. The summed E-state index contributed by atoms with van der Waals surface area (Å²) in [6.45, 7) is 0. The van der Waals surface area contributed by atoms with Crippen molar-refractivity contribution in [2.45, 2.75) is 0 Å². The number of rotatable bonds is 1. The van der Waals surface area contributed by atoms with Crippen molar-refractivity contribution in [1.29, 1.82) is 0 Å². The van der Waals surface area contributed by atoms with Gasteiger partial charge in [0.15, 0.2) is 5.82 Å². The number of aromatic amines is 1. The summed E-state index contributed by atoms with van der Waals surface area (Å²) in [4.78, 5) is 13.2. The summed E-state index contributed by atoms with van der Waals surface area (Å²) in [6, 6.07) is 5.36. The monoisotopic (exact) mass is 322 g/mol. The third kappa shape index (κ3) is 1.98.